The molecule has 5 heterocycles. The molecular formula is C20H22N9O7S2+. The third-order valence-corrected chi connectivity index (χ3v) is 7.83. The maximum Gasteiger partial charge on any atom is 0.352 e. The largest absolute Gasteiger partial charge is 0.479 e. The van der Waals surface area contributed by atoms with Gasteiger partial charge in [-0.05, 0) is 6.42 Å². The molecule has 2 aromatic heterocycles. The first-order valence-electron chi connectivity index (χ1n) is 11.3. The lowest BCUT2D eigenvalue weighted by Crippen LogP contribution is -2.71. The summed E-state index contributed by atoms with van der Waals surface area (Å²) in [5.41, 5.74) is 5.57. The molecule has 0 aromatic carbocycles. The van der Waals surface area contributed by atoms with Gasteiger partial charge in [0.2, 0.25) is 18.1 Å². The van der Waals surface area contributed by atoms with Crippen molar-refractivity contribution in [1.82, 2.24) is 24.3 Å². The summed E-state index contributed by atoms with van der Waals surface area (Å²) in [6.07, 6.45) is 2.80. The van der Waals surface area contributed by atoms with Crippen molar-refractivity contribution in [1.29, 1.82) is 0 Å². The molecular weight excluding hydrogens is 542 g/mol. The van der Waals surface area contributed by atoms with Gasteiger partial charge in [0.25, 0.3) is 11.8 Å². The molecule has 3 aliphatic rings. The van der Waals surface area contributed by atoms with Crippen LogP contribution in [0, 0.1) is 0 Å². The van der Waals surface area contributed by atoms with Crippen molar-refractivity contribution in [3.63, 3.8) is 0 Å². The predicted molar refractivity (Wildman–Crippen MR) is 132 cm³/mol. The Morgan fingerprint density at radius 3 is 2.89 bits per heavy atom. The number of β-lactam (4-membered cyclic amide) rings is 1. The molecule has 0 bridgehead atoms. The van der Waals surface area contributed by atoms with Crippen molar-refractivity contribution in [3.05, 3.63) is 29.4 Å². The number of carbonyl (C=O) groups excluding carboxylic acids is 2. The highest BCUT2D eigenvalue weighted by Gasteiger charge is 2.55. The van der Waals surface area contributed by atoms with Gasteiger partial charge in [0.15, 0.2) is 23.7 Å². The van der Waals surface area contributed by atoms with E-state index in [1.807, 2.05) is 21.6 Å². The molecule has 0 radical (unpaired) electrons. The Hall–Kier alpha value is -4.19. The smallest absolute Gasteiger partial charge is 0.352 e. The van der Waals surface area contributed by atoms with Crippen LogP contribution in [0.25, 0.3) is 0 Å². The van der Waals surface area contributed by atoms with E-state index in [1.54, 1.807) is 0 Å². The number of anilines is 2. The minimum Gasteiger partial charge on any atom is -0.479 e. The number of aromatic nitrogens is 4. The van der Waals surface area contributed by atoms with E-state index >= 15 is 0 Å². The van der Waals surface area contributed by atoms with E-state index in [0.717, 1.165) is 36.9 Å². The summed E-state index contributed by atoms with van der Waals surface area (Å²) in [4.78, 5) is 58.7. The molecule has 200 valence electrons. The lowest BCUT2D eigenvalue weighted by atomic mass is 10.0. The monoisotopic (exact) mass is 564 g/mol. The van der Waals surface area contributed by atoms with Crippen LogP contribution in [0.15, 0.2) is 28.7 Å². The van der Waals surface area contributed by atoms with Gasteiger partial charge < -0.3 is 31.4 Å². The number of nitrogen functional groups attached to an aromatic ring is 1. The highest BCUT2D eigenvalue weighted by Crippen LogP contribution is 2.40. The van der Waals surface area contributed by atoms with Crippen LogP contribution in [0.5, 0.6) is 0 Å². The minimum absolute atomic E-state index is 0.0362. The third kappa shape index (κ3) is 4.74. The maximum absolute atomic E-state index is 13.1. The number of rotatable bonds is 9. The molecule has 5 rings (SSSR count). The van der Waals surface area contributed by atoms with E-state index in [4.69, 9.17) is 10.8 Å². The van der Waals surface area contributed by atoms with Crippen LogP contribution in [-0.2, 0) is 37.1 Å². The van der Waals surface area contributed by atoms with Crippen LogP contribution in [0.3, 0.4) is 0 Å². The van der Waals surface area contributed by atoms with Gasteiger partial charge in [0, 0.05) is 29.4 Å². The summed E-state index contributed by atoms with van der Waals surface area (Å²) in [7, 11) is 0. The van der Waals surface area contributed by atoms with E-state index in [1.165, 1.54) is 16.7 Å². The summed E-state index contributed by atoms with van der Waals surface area (Å²) in [6, 6.07) is 0.866. The van der Waals surface area contributed by atoms with Crippen LogP contribution in [0.2, 0.25) is 0 Å². The number of carbonyl (C=O) groups is 4. The Labute approximate surface area is 222 Å². The van der Waals surface area contributed by atoms with Crippen molar-refractivity contribution in [2.45, 2.75) is 30.9 Å². The van der Waals surface area contributed by atoms with Crippen LogP contribution in [-0.4, -0.2) is 88.9 Å². The van der Waals surface area contributed by atoms with E-state index < -0.39 is 47.5 Å². The van der Waals surface area contributed by atoms with Crippen molar-refractivity contribution >= 4 is 63.7 Å². The molecule has 1 saturated heterocycles. The number of hydrogen-bond donors (Lipinski definition) is 5. The molecule has 2 aromatic rings. The van der Waals surface area contributed by atoms with Gasteiger partial charge in [0.1, 0.15) is 17.1 Å². The standard InChI is InChI=1S/C20H21N9O7S2/c21-20-24-15(26-38-20)12(25-36-7-11(30)31)16(32)23-13-17(33)29-14(19(34)35)9(8-37-18(13)29)6-27-5-2-10-22-3-1-4-28(10)27/h2,5,13,18H,1,3-4,6-8H2,(H5,21,23,24,26,30,31,32,34,35)/p+1/t13-,18-/m1/s1. The van der Waals surface area contributed by atoms with Crippen LogP contribution < -0.4 is 21.0 Å². The number of thioether (sulfide) groups is 1. The molecule has 0 spiro atoms. The zero-order valence-electron chi connectivity index (χ0n) is 19.6. The molecule has 2 amide bonds. The fourth-order valence-corrected chi connectivity index (χ4v) is 6.09. The van der Waals surface area contributed by atoms with Gasteiger partial charge in [-0.3, -0.25) is 14.5 Å². The molecule has 16 nitrogen and oxygen atoms in total. The zero-order chi connectivity index (χ0) is 27.0. The average molecular weight is 565 g/mol. The molecule has 3 aliphatic heterocycles. The number of hydrogen-bond acceptors (Lipinski definition) is 12. The first-order chi connectivity index (χ1) is 18.2. The molecule has 0 saturated carbocycles. The molecule has 6 N–H and O–H groups in total. The maximum atomic E-state index is 13.1. The number of nitrogens with two attached hydrogens (primary N) is 1. The van der Waals surface area contributed by atoms with Crippen molar-refractivity contribution < 1.29 is 38.9 Å². The van der Waals surface area contributed by atoms with E-state index in [0.29, 0.717) is 17.9 Å². The second kappa shape index (κ2) is 10.3. The fourth-order valence-electron chi connectivity index (χ4n) is 4.32. The molecule has 0 unspecified atom stereocenters. The number of oxime groups is 1. The lowest BCUT2D eigenvalue weighted by Gasteiger charge is -2.49. The van der Waals surface area contributed by atoms with Crippen LogP contribution in [0.4, 0.5) is 10.9 Å². The van der Waals surface area contributed by atoms with E-state index in [9.17, 15) is 24.3 Å². The first kappa shape index (κ1) is 25.5. The van der Waals surface area contributed by atoms with Gasteiger partial charge in [0.05, 0.1) is 12.6 Å². The molecule has 1 fully saturated rings. The Morgan fingerprint density at radius 2 is 2.18 bits per heavy atom. The predicted octanol–water partition coefficient (Wildman–Crippen LogP) is -1.73. The number of amides is 2. The van der Waals surface area contributed by atoms with Crippen LogP contribution in [0.1, 0.15) is 12.2 Å². The van der Waals surface area contributed by atoms with Gasteiger partial charge >= 0.3 is 11.9 Å². The number of carboxylic acids is 2. The fraction of sp³-hybridized carbons (Fsp3) is 0.400. The number of nitrogens with zero attached hydrogens (tertiary/aromatic N) is 6. The zero-order valence-corrected chi connectivity index (χ0v) is 21.2. The number of nitrogens with one attached hydrogen (secondary N) is 2. The lowest BCUT2D eigenvalue weighted by molar-refractivity contribution is -0.768. The highest BCUT2D eigenvalue weighted by atomic mass is 32.2. The topological polar surface area (TPSA) is 218 Å². The normalized spacial score (nSPS) is 20.7. The van der Waals surface area contributed by atoms with Crippen molar-refractivity contribution in [3.8, 4) is 0 Å². The highest BCUT2D eigenvalue weighted by molar-refractivity contribution is 8.00. The van der Waals surface area contributed by atoms with Gasteiger partial charge in [-0.15, -0.1) is 21.1 Å². The molecule has 0 aliphatic carbocycles. The van der Waals surface area contributed by atoms with Gasteiger partial charge in [-0.25, -0.2) is 9.59 Å². The number of carboxylic acid groups (broad SMARTS) is 2. The summed E-state index contributed by atoms with van der Waals surface area (Å²) in [6.45, 7) is 1.12. The van der Waals surface area contributed by atoms with Crippen molar-refractivity contribution in [2.75, 3.05) is 30.0 Å². The Bertz CT molecular complexity index is 1380. The first-order valence-corrected chi connectivity index (χ1v) is 13.1. The van der Waals surface area contributed by atoms with E-state index in [-0.39, 0.29) is 16.7 Å². The summed E-state index contributed by atoms with van der Waals surface area (Å²) >= 11 is 2.11. The molecule has 38 heavy (non-hydrogen) atoms. The summed E-state index contributed by atoms with van der Waals surface area (Å²) in [5, 5.41) is 27.4. The number of fused-ring (bicyclic) bond motifs is 2. The van der Waals surface area contributed by atoms with Crippen molar-refractivity contribution in [2.24, 2.45) is 5.16 Å². The summed E-state index contributed by atoms with van der Waals surface area (Å²) in [5.74, 6) is -2.99. The Balaban J connectivity index is 1.34. The SMILES string of the molecule is Nc1nc(C(=NOCC(=O)O)C(=O)N[C@@H]2C(=O)N3C(C(=O)O)=C(C[n+]4ccc5n4CCCN5)CS[C@H]23)ns1. The van der Waals surface area contributed by atoms with Crippen LogP contribution >= 0.6 is 23.3 Å². The molecule has 18 heteroatoms. The average Bonchev–Trinajstić information content (AvgIpc) is 3.50. The van der Waals surface area contributed by atoms with Gasteiger partial charge in [-0.2, -0.15) is 9.36 Å². The second-order valence-electron chi connectivity index (χ2n) is 8.38. The Kier molecular flexibility index (Phi) is 6.89. The molecule has 2 atom stereocenters. The van der Waals surface area contributed by atoms with E-state index in [2.05, 4.69) is 30.0 Å². The van der Waals surface area contributed by atoms with Gasteiger partial charge in [-0.1, -0.05) is 5.16 Å². The Morgan fingerprint density at radius 1 is 1.37 bits per heavy atom. The summed E-state index contributed by atoms with van der Waals surface area (Å²) < 4.78 is 7.83. The third-order valence-electron chi connectivity index (χ3n) is 5.95. The number of aliphatic carboxylic acids is 2. The minimum atomic E-state index is -1.32. The quantitative estimate of drug-likeness (QED) is 0.0993. The second-order valence-corrected chi connectivity index (χ2v) is 10.3.